The van der Waals surface area contributed by atoms with Gasteiger partial charge in [-0.05, 0) is 54.5 Å². The molecule has 2 heterocycles. The van der Waals surface area contributed by atoms with Gasteiger partial charge in [0.25, 0.3) is 0 Å². The second-order valence-electron chi connectivity index (χ2n) is 8.06. The Balaban J connectivity index is 1.46. The van der Waals surface area contributed by atoms with E-state index in [4.69, 9.17) is 37.4 Å². The zero-order valence-corrected chi connectivity index (χ0v) is 19.7. The molecular formula is C26H21Cl2NO4. The van der Waals surface area contributed by atoms with Crippen LogP contribution in [0.2, 0.25) is 10.0 Å². The molecule has 0 atom stereocenters. The topological polar surface area (TPSA) is 48.0 Å². The van der Waals surface area contributed by atoms with E-state index < -0.39 is 0 Å². The molecule has 0 radical (unpaired) electrons. The van der Waals surface area contributed by atoms with Crippen molar-refractivity contribution in [3.63, 3.8) is 0 Å². The van der Waals surface area contributed by atoms with E-state index in [0.29, 0.717) is 46.7 Å². The van der Waals surface area contributed by atoms with E-state index in [-0.39, 0.29) is 11.5 Å². The number of rotatable bonds is 4. The number of ketones is 1. The lowest BCUT2D eigenvalue weighted by Crippen LogP contribution is -2.31. The van der Waals surface area contributed by atoms with Gasteiger partial charge in [-0.15, -0.1) is 0 Å². The summed E-state index contributed by atoms with van der Waals surface area (Å²) in [6.45, 7) is 3.62. The van der Waals surface area contributed by atoms with E-state index >= 15 is 0 Å². The minimum Gasteiger partial charge on any atom is -0.497 e. The Bertz CT molecular complexity index is 1260. The number of carbonyl (C=O) groups excluding carboxylic acids is 1. The second-order valence-corrected chi connectivity index (χ2v) is 8.87. The Morgan fingerprint density at radius 3 is 2.55 bits per heavy atom. The van der Waals surface area contributed by atoms with Crippen LogP contribution in [0.4, 0.5) is 0 Å². The summed E-state index contributed by atoms with van der Waals surface area (Å²) in [5, 5.41) is 0.908. The molecule has 0 spiro atoms. The van der Waals surface area contributed by atoms with Gasteiger partial charge in [-0.1, -0.05) is 41.4 Å². The first-order valence-corrected chi connectivity index (χ1v) is 11.2. The predicted octanol–water partition coefficient (Wildman–Crippen LogP) is 6.28. The van der Waals surface area contributed by atoms with Crippen LogP contribution in [0.25, 0.3) is 6.08 Å². The van der Waals surface area contributed by atoms with Crippen LogP contribution in [0, 0.1) is 6.92 Å². The van der Waals surface area contributed by atoms with Gasteiger partial charge in [-0.25, -0.2) is 0 Å². The van der Waals surface area contributed by atoms with Gasteiger partial charge in [0.1, 0.15) is 24.0 Å². The zero-order valence-electron chi connectivity index (χ0n) is 18.2. The summed E-state index contributed by atoms with van der Waals surface area (Å²) in [7, 11) is 1.65. The summed E-state index contributed by atoms with van der Waals surface area (Å²) in [6, 6.07) is 15.1. The minimum absolute atomic E-state index is 0.187. The van der Waals surface area contributed by atoms with Crippen molar-refractivity contribution in [2.75, 3.05) is 13.8 Å². The molecule has 3 aromatic carbocycles. The monoisotopic (exact) mass is 481 g/mol. The van der Waals surface area contributed by atoms with Gasteiger partial charge in [-0.2, -0.15) is 0 Å². The number of fused-ring (bicyclic) bond motifs is 3. The molecule has 3 aromatic rings. The van der Waals surface area contributed by atoms with Gasteiger partial charge < -0.3 is 14.2 Å². The molecule has 0 bridgehead atoms. The number of methoxy groups -OCH3 is 1. The normalized spacial score (nSPS) is 16.2. The molecule has 33 heavy (non-hydrogen) atoms. The van der Waals surface area contributed by atoms with E-state index in [1.165, 1.54) is 0 Å². The molecule has 0 amide bonds. The molecule has 2 aliphatic rings. The summed E-state index contributed by atoms with van der Waals surface area (Å²) < 4.78 is 17.4. The maximum atomic E-state index is 13.2. The molecule has 0 unspecified atom stereocenters. The van der Waals surface area contributed by atoms with Crippen molar-refractivity contribution in [1.82, 2.24) is 4.90 Å². The predicted molar refractivity (Wildman–Crippen MR) is 128 cm³/mol. The molecule has 0 fully saturated rings. The molecule has 0 aliphatic carbocycles. The molecule has 168 valence electrons. The van der Waals surface area contributed by atoms with Crippen molar-refractivity contribution in [3.8, 4) is 17.2 Å². The summed E-state index contributed by atoms with van der Waals surface area (Å²) >= 11 is 12.6. The second kappa shape index (κ2) is 8.75. The van der Waals surface area contributed by atoms with Crippen molar-refractivity contribution in [1.29, 1.82) is 0 Å². The Morgan fingerprint density at radius 1 is 1.12 bits per heavy atom. The molecule has 0 aromatic heterocycles. The fourth-order valence-corrected chi connectivity index (χ4v) is 4.65. The third-order valence-corrected chi connectivity index (χ3v) is 6.49. The van der Waals surface area contributed by atoms with Gasteiger partial charge in [-0.3, -0.25) is 9.69 Å². The van der Waals surface area contributed by atoms with Crippen LogP contribution in [-0.4, -0.2) is 24.5 Å². The number of allylic oxidation sites excluding steroid dienone is 1. The highest BCUT2D eigenvalue weighted by molar-refractivity contribution is 6.37. The number of hydrogen-bond donors (Lipinski definition) is 0. The van der Waals surface area contributed by atoms with Crippen LogP contribution >= 0.6 is 23.2 Å². The maximum absolute atomic E-state index is 13.2. The van der Waals surface area contributed by atoms with Crippen molar-refractivity contribution in [2.45, 2.75) is 20.0 Å². The van der Waals surface area contributed by atoms with Crippen molar-refractivity contribution >= 4 is 35.1 Å². The minimum atomic E-state index is -0.187. The van der Waals surface area contributed by atoms with E-state index in [1.54, 1.807) is 31.4 Å². The highest BCUT2D eigenvalue weighted by Crippen LogP contribution is 2.44. The Labute approximate surface area is 202 Å². The van der Waals surface area contributed by atoms with E-state index in [9.17, 15) is 4.79 Å². The van der Waals surface area contributed by atoms with Crippen molar-refractivity contribution in [2.24, 2.45) is 0 Å². The molecule has 7 heteroatoms. The number of ether oxygens (including phenoxy) is 3. The Hall–Kier alpha value is -2.99. The average Bonchev–Trinajstić information content (AvgIpc) is 3.14. The van der Waals surface area contributed by atoms with Gasteiger partial charge in [0.05, 0.1) is 18.2 Å². The summed E-state index contributed by atoms with van der Waals surface area (Å²) in [6.07, 6.45) is 1.61. The molecule has 0 saturated heterocycles. The highest BCUT2D eigenvalue weighted by atomic mass is 35.5. The number of Topliss-reactive ketones (excluding diaryl/α,β-unsaturated/α-hetero) is 1. The number of nitrogens with zero attached hydrogens (tertiary/aromatic N) is 1. The number of aryl methyl sites for hydroxylation is 1. The molecule has 2 aliphatic heterocycles. The lowest BCUT2D eigenvalue weighted by Gasteiger charge is -2.30. The number of benzene rings is 3. The maximum Gasteiger partial charge on any atom is 0.232 e. The molecule has 5 rings (SSSR count). The Kier molecular flexibility index (Phi) is 5.79. The number of carbonyl (C=O) groups is 1. The standard InChI is InChI=1S/C26H21Cl2NO4/c1-15-10-22-19(13-29(14-32-22)12-16-6-8-17(31-2)9-7-16)26-24(15)25(30)23(33-26)11-18-20(27)4-3-5-21(18)28/h3-11H,12-14H2,1-2H3/b23-11-. The lowest BCUT2D eigenvalue weighted by molar-refractivity contribution is 0.0872. The smallest absolute Gasteiger partial charge is 0.232 e. The van der Waals surface area contributed by atoms with Crippen molar-refractivity contribution in [3.05, 3.63) is 92.2 Å². The first-order chi connectivity index (χ1) is 15.9. The van der Waals surface area contributed by atoms with Crippen LogP contribution in [0.3, 0.4) is 0 Å². The van der Waals surface area contributed by atoms with E-state index in [1.807, 2.05) is 37.3 Å². The fraction of sp³-hybridized carbons (Fsp3) is 0.192. The van der Waals surface area contributed by atoms with Crippen LogP contribution in [0.1, 0.15) is 32.6 Å². The van der Waals surface area contributed by atoms with E-state index in [2.05, 4.69) is 4.90 Å². The van der Waals surface area contributed by atoms with Crippen LogP contribution < -0.4 is 14.2 Å². The first-order valence-electron chi connectivity index (χ1n) is 10.5. The highest BCUT2D eigenvalue weighted by Gasteiger charge is 2.35. The van der Waals surface area contributed by atoms with E-state index in [0.717, 1.165) is 28.2 Å². The van der Waals surface area contributed by atoms with Crippen LogP contribution in [0.5, 0.6) is 17.2 Å². The zero-order chi connectivity index (χ0) is 23.1. The van der Waals surface area contributed by atoms with Gasteiger partial charge in [0, 0.05) is 28.7 Å². The largest absolute Gasteiger partial charge is 0.497 e. The molecule has 0 saturated carbocycles. The van der Waals surface area contributed by atoms with Gasteiger partial charge in [0.2, 0.25) is 5.78 Å². The molecule has 5 nitrogen and oxygen atoms in total. The summed E-state index contributed by atoms with van der Waals surface area (Å²) in [5.74, 6) is 2.11. The van der Waals surface area contributed by atoms with Crippen LogP contribution in [0.15, 0.2) is 54.3 Å². The third kappa shape index (κ3) is 4.08. The summed E-state index contributed by atoms with van der Waals surface area (Å²) in [4.78, 5) is 15.4. The molecular weight excluding hydrogens is 461 g/mol. The third-order valence-electron chi connectivity index (χ3n) is 5.83. The summed E-state index contributed by atoms with van der Waals surface area (Å²) in [5.41, 5.74) is 3.92. The SMILES string of the molecule is COc1ccc(CN2COc3cc(C)c4c(c3C2)O/C(=C\c2c(Cl)cccc2Cl)C4=O)cc1. The fourth-order valence-electron chi connectivity index (χ4n) is 4.15. The van der Waals surface area contributed by atoms with Crippen molar-refractivity contribution < 1.29 is 19.0 Å². The molecule has 0 N–H and O–H groups in total. The number of hydrogen-bond acceptors (Lipinski definition) is 5. The van der Waals surface area contributed by atoms with Crippen LogP contribution in [-0.2, 0) is 13.1 Å². The quantitative estimate of drug-likeness (QED) is 0.410. The van der Waals surface area contributed by atoms with Gasteiger partial charge in [0.15, 0.2) is 5.76 Å². The average molecular weight is 482 g/mol. The first kappa shape index (κ1) is 21.8. The van der Waals surface area contributed by atoms with Gasteiger partial charge >= 0.3 is 0 Å². The number of halogens is 2. The lowest BCUT2D eigenvalue weighted by atomic mass is 9.98. The Morgan fingerprint density at radius 2 is 1.85 bits per heavy atom.